The molecule has 1 saturated heterocycles. The van der Waals surface area contributed by atoms with Gasteiger partial charge in [-0.05, 0) is 42.0 Å². The second-order valence-electron chi connectivity index (χ2n) is 5.83. The molecular weight excluding hydrogens is 305 g/mol. The van der Waals surface area contributed by atoms with Crippen molar-refractivity contribution in [2.24, 2.45) is 11.8 Å². The van der Waals surface area contributed by atoms with Crippen LogP contribution >= 0.6 is 11.3 Å². The summed E-state index contributed by atoms with van der Waals surface area (Å²) in [5.74, 6) is -1.93. The first kappa shape index (κ1) is 15.0. The fourth-order valence-corrected chi connectivity index (χ4v) is 4.15. The molecule has 116 valence electrons. The van der Waals surface area contributed by atoms with Crippen LogP contribution in [-0.4, -0.2) is 35.0 Å². The lowest BCUT2D eigenvalue weighted by Gasteiger charge is -2.15. The number of hydrogen-bond acceptors (Lipinski definition) is 3. The van der Waals surface area contributed by atoms with Gasteiger partial charge in [0.15, 0.2) is 0 Å². The van der Waals surface area contributed by atoms with Crippen LogP contribution in [0.15, 0.2) is 18.2 Å². The Bertz CT molecular complexity index is 770. The molecule has 2 atom stereocenters. The van der Waals surface area contributed by atoms with Gasteiger partial charge in [0.05, 0.1) is 10.8 Å². The summed E-state index contributed by atoms with van der Waals surface area (Å²) in [6.45, 7) is 4.33. The quantitative estimate of drug-likeness (QED) is 0.924. The second-order valence-corrected chi connectivity index (χ2v) is 6.88. The first-order valence-electron chi connectivity index (χ1n) is 7.09. The average Bonchev–Trinajstić information content (AvgIpc) is 3.00. The standard InChI is InChI=1S/C16H16FNO3S/c1-8-6-18(7-12(8)16(20)21)15(19)14-9(2)11-5-10(17)3-4-13(11)22-14/h3-5,8,12H,6-7H2,1-2H3,(H,20,21)/t8-,12-/m1/s1. The zero-order valence-electron chi connectivity index (χ0n) is 12.3. The number of thiophene rings is 1. The number of benzene rings is 1. The first-order valence-corrected chi connectivity index (χ1v) is 7.91. The maximum absolute atomic E-state index is 13.4. The van der Waals surface area contributed by atoms with E-state index in [4.69, 9.17) is 0 Å². The second kappa shape index (κ2) is 5.35. The first-order chi connectivity index (χ1) is 10.4. The van der Waals surface area contributed by atoms with E-state index in [0.29, 0.717) is 11.4 Å². The summed E-state index contributed by atoms with van der Waals surface area (Å²) in [4.78, 5) is 26.0. The SMILES string of the molecule is Cc1c(C(=O)N2C[C@@H](C)[C@H](C(=O)O)C2)sc2ccc(F)cc12. The van der Waals surface area contributed by atoms with Gasteiger partial charge in [0.1, 0.15) is 5.82 Å². The molecule has 0 unspecified atom stereocenters. The molecule has 0 spiro atoms. The Morgan fingerprint density at radius 3 is 2.73 bits per heavy atom. The van der Waals surface area contributed by atoms with Gasteiger partial charge in [-0.2, -0.15) is 0 Å². The van der Waals surface area contributed by atoms with Gasteiger partial charge in [0.25, 0.3) is 5.91 Å². The van der Waals surface area contributed by atoms with Crippen LogP contribution in [0.2, 0.25) is 0 Å². The molecule has 0 bridgehead atoms. The van der Waals surface area contributed by atoms with Gasteiger partial charge in [-0.3, -0.25) is 9.59 Å². The monoisotopic (exact) mass is 321 g/mol. The van der Waals surface area contributed by atoms with Crippen molar-refractivity contribution in [1.29, 1.82) is 0 Å². The molecule has 1 fully saturated rings. The van der Waals surface area contributed by atoms with Crippen molar-refractivity contribution >= 4 is 33.3 Å². The summed E-state index contributed by atoms with van der Waals surface area (Å²) in [5.41, 5.74) is 0.760. The highest BCUT2D eigenvalue weighted by Gasteiger charge is 2.38. The maximum Gasteiger partial charge on any atom is 0.308 e. The van der Waals surface area contributed by atoms with Crippen LogP contribution in [-0.2, 0) is 4.79 Å². The van der Waals surface area contributed by atoms with Crippen molar-refractivity contribution < 1.29 is 19.1 Å². The minimum absolute atomic E-state index is 0.0615. The minimum atomic E-state index is -0.863. The third kappa shape index (κ3) is 2.37. The Balaban J connectivity index is 1.93. The number of rotatable bonds is 2. The molecule has 6 heteroatoms. The number of nitrogens with zero attached hydrogens (tertiary/aromatic N) is 1. The highest BCUT2D eigenvalue weighted by atomic mass is 32.1. The number of carboxylic acids is 1. The molecule has 4 nitrogen and oxygen atoms in total. The number of likely N-dealkylation sites (tertiary alicyclic amines) is 1. The fourth-order valence-electron chi connectivity index (χ4n) is 2.99. The molecule has 2 heterocycles. The van der Waals surface area contributed by atoms with Crippen LogP contribution in [0.1, 0.15) is 22.2 Å². The molecule has 0 saturated carbocycles. The Morgan fingerprint density at radius 1 is 1.36 bits per heavy atom. The number of hydrogen-bond donors (Lipinski definition) is 1. The van der Waals surface area contributed by atoms with Crippen molar-refractivity contribution in [3.63, 3.8) is 0 Å². The minimum Gasteiger partial charge on any atom is -0.481 e. The summed E-state index contributed by atoms with van der Waals surface area (Å²) in [6.07, 6.45) is 0. The molecule has 0 radical (unpaired) electrons. The van der Waals surface area contributed by atoms with E-state index in [-0.39, 0.29) is 24.2 Å². The van der Waals surface area contributed by atoms with E-state index in [2.05, 4.69) is 0 Å². The van der Waals surface area contributed by atoms with Gasteiger partial charge < -0.3 is 10.0 Å². The third-order valence-electron chi connectivity index (χ3n) is 4.31. The molecule has 1 aromatic carbocycles. The van der Waals surface area contributed by atoms with Crippen molar-refractivity contribution in [2.45, 2.75) is 13.8 Å². The number of aryl methyl sites for hydroxylation is 1. The van der Waals surface area contributed by atoms with E-state index in [1.807, 2.05) is 6.92 Å². The lowest BCUT2D eigenvalue weighted by Crippen LogP contribution is -2.29. The lowest BCUT2D eigenvalue weighted by molar-refractivity contribution is -0.142. The lowest BCUT2D eigenvalue weighted by atomic mass is 9.99. The zero-order chi connectivity index (χ0) is 16.0. The molecule has 1 aromatic heterocycles. The van der Waals surface area contributed by atoms with Crippen LogP contribution in [0.4, 0.5) is 4.39 Å². The number of carbonyl (C=O) groups is 2. The van der Waals surface area contributed by atoms with Crippen molar-refractivity contribution in [3.8, 4) is 0 Å². The maximum atomic E-state index is 13.4. The molecule has 22 heavy (non-hydrogen) atoms. The van der Waals surface area contributed by atoms with Crippen molar-refractivity contribution in [2.75, 3.05) is 13.1 Å². The summed E-state index contributed by atoms with van der Waals surface area (Å²) < 4.78 is 14.2. The normalized spacial score (nSPS) is 21.5. The Kier molecular flexibility index (Phi) is 3.64. The van der Waals surface area contributed by atoms with Gasteiger partial charge in [0.2, 0.25) is 0 Å². The molecule has 0 aliphatic carbocycles. The van der Waals surface area contributed by atoms with Crippen molar-refractivity contribution in [1.82, 2.24) is 4.90 Å². The van der Waals surface area contributed by atoms with E-state index >= 15 is 0 Å². The van der Waals surface area contributed by atoms with Crippen molar-refractivity contribution in [3.05, 3.63) is 34.5 Å². The Morgan fingerprint density at radius 2 is 2.09 bits per heavy atom. The Hall–Kier alpha value is -1.95. The number of halogens is 1. The van der Waals surface area contributed by atoms with Gasteiger partial charge in [-0.1, -0.05) is 6.92 Å². The van der Waals surface area contributed by atoms with Gasteiger partial charge >= 0.3 is 5.97 Å². The van der Waals surface area contributed by atoms with E-state index in [1.54, 1.807) is 17.9 Å². The number of aliphatic carboxylic acids is 1. The molecule has 1 aliphatic heterocycles. The molecule has 1 N–H and O–H groups in total. The summed E-state index contributed by atoms with van der Waals surface area (Å²) in [6, 6.07) is 4.49. The zero-order valence-corrected chi connectivity index (χ0v) is 13.1. The largest absolute Gasteiger partial charge is 0.481 e. The molecule has 1 amide bonds. The van der Waals surface area contributed by atoms with Crippen LogP contribution in [0, 0.1) is 24.6 Å². The molecule has 2 aromatic rings. The molecule has 3 rings (SSSR count). The van der Waals surface area contributed by atoms with Gasteiger partial charge in [-0.25, -0.2) is 4.39 Å². The van der Waals surface area contributed by atoms with E-state index in [9.17, 15) is 19.1 Å². The predicted octanol–water partition coefficient (Wildman–Crippen LogP) is 3.14. The van der Waals surface area contributed by atoms with E-state index in [0.717, 1.165) is 15.6 Å². The van der Waals surface area contributed by atoms with Gasteiger partial charge in [-0.15, -0.1) is 11.3 Å². The van der Waals surface area contributed by atoms with Crippen LogP contribution in [0.5, 0.6) is 0 Å². The Labute approximate surface area is 131 Å². The highest BCUT2D eigenvalue weighted by molar-refractivity contribution is 7.21. The van der Waals surface area contributed by atoms with Crippen LogP contribution in [0.3, 0.4) is 0 Å². The van der Waals surface area contributed by atoms with Crippen LogP contribution < -0.4 is 0 Å². The van der Waals surface area contributed by atoms with Gasteiger partial charge in [0, 0.05) is 17.8 Å². The number of fused-ring (bicyclic) bond motifs is 1. The topological polar surface area (TPSA) is 57.6 Å². The third-order valence-corrected chi connectivity index (χ3v) is 5.57. The predicted molar refractivity (Wildman–Crippen MR) is 82.7 cm³/mol. The van der Waals surface area contributed by atoms with Crippen LogP contribution in [0.25, 0.3) is 10.1 Å². The number of amides is 1. The average molecular weight is 321 g/mol. The summed E-state index contributed by atoms with van der Waals surface area (Å²) in [5, 5.41) is 9.92. The summed E-state index contributed by atoms with van der Waals surface area (Å²) in [7, 11) is 0. The highest BCUT2D eigenvalue weighted by Crippen LogP contribution is 2.34. The summed E-state index contributed by atoms with van der Waals surface area (Å²) >= 11 is 1.33. The van der Waals surface area contributed by atoms with E-state index in [1.165, 1.54) is 23.5 Å². The van der Waals surface area contributed by atoms with E-state index < -0.39 is 11.9 Å². The smallest absolute Gasteiger partial charge is 0.308 e. The number of carbonyl (C=O) groups excluding carboxylic acids is 1. The molecular formula is C16H16FNO3S. The fraction of sp³-hybridized carbons (Fsp3) is 0.375. The number of carboxylic acid groups (broad SMARTS) is 1. The molecule has 1 aliphatic rings.